The Kier molecular flexibility index (Phi) is 2.88. The molecule has 0 aromatic carbocycles. The van der Waals surface area contributed by atoms with Crippen molar-refractivity contribution in [2.75, 3.05) is 13.1 Å². The van der Waals surface area contributed by atoms with Gasteiger partial charge in [-0.1, -0.05) is 0 Å². The number of carbonyl (C=O) groups excluding carboxylic acids is 1. The zero-order chi connectivity index (χ0) is 14.4. The molecule has 0 saturated carbocycles. The van der Waals surface area contributed by atoms with Crippen molar-refractivity contribution in [2.45, 2.75) is 26.7 Å². The van der Waals surface area contributed by atoms with E-state index in [0.29, 0.717) is 17.5 Å². The molecule has 1 N–H and O–H groups in total. The zero-order valence-corrected chi connectivity index (χ0v) is 12.0. The van der Waals surface area contributed by atoms with E-state index < -0.39 is 0 Å². The molecule has 1 aliphatic rings. The highest BCUT2D eigenvalue weighted by Gasteiger charge is 2.23. The molecule has 0 unspecified atom stereocenters. The van der Waals surface area contributed by atoms with Crippen LogP contribution in [0.5, 0.6) is 0 Å². The maximum atomic E-state index is 12.1. The number of aromatic nitrogens is 3. The molecule has 2 aromatic heterocycles. The van der Waals surface area contributed by atoms with Gasteiger partial charge < -0.3 is 4.90 Å². The van der Waals surface area contributed by atoms with E-state index >= 15 is 0 Å². The summed E-state index contributed by atoms with van der Waals surface area (Å²) in [4.78, 5) is 30.4. The minimum atomic E-state index is -0.148. The molecule has 1 saturated heterocycles. The molecule has 0 atom stereocenters. The molecule has 0 radical (unpaired) electrons. The number of H-pyrrole nitrogens is 1. The Labute approximate surface area is 116 Å². The number of fused-ring (bicyclic) bond motifs is 1. The summed E-state index contributed by atoms with van der Waals surface area (Å²) in [7, 11) is 1.76. The van der Waals surface area contributed by atoms with Gasteiger partial charge in [-0.05, 0) is 31.4 Å². The summed E-state index contributed by atoms with van der Waals surface area (Å²) < 4.78 is 1.62. The van der Waals surface area contributed by atoms with E-state index in [-0.39, 0.29) is 11.5 Å². The Morgan fingerprint density at radius 2 is 2.05 bits per heavy atom. The lowest BCUT2D eigenvalue weighted by molar-refractivity contribution is -0.133. The van der Waals surface area contributed by atoms with Crippen LogP contribution < -0.4 is 5.56 Å². The minimum Gasteiger partial charge on any atom is -0.342 e. The number of likely N-dealkylation sites (tertiary alicyclic amines) is 1. The van der Waals surface area contributed by atoms with Gasteiger partial charge in [0.15, 0.2) is 5.65 Å². The van der Waals surface area contributed by atoms with Crippen molar-refractivity contribution in [1.29, 1.82) is 0 Å². The lowest BCUT2D eigenvalue weighted by Gasteiger charge is -2.31. The van der Waals surface area contributed by atoms with Crippen molar-refractivity contribution in [3.05, 3.63) is 27.2 Å². The molecule has 6 heteroatoms. The molecule has 0 bridgehead atoms. The summed E-state index contributed by atoms with van der Waals surface area (Å²) >= 11 is 0. The first-order valence-corrected chi connectivity index (χ1v) is 6.81. The van der Waals surface area contributed by atoms with E-state index in [1.807, 2.05) is 18.7 Å². The quantitative estimate of drug-likeness (QED) is 0.874. The Morgan fingerprint density at radius 1 is 1.35 bits per heavy atom. The molecule has 3 heterocycles. The van der Waals surface area contributed by atoms with Gasteiger partial charge >= 0.3 is 0 Å². The summed E-state index contributed by atoms with van der Waals surface area (Å²) in [5.74, 6) is 0.121. The van der Waals surface area contributed by atoms with Crippen LogP contribution in [0.25, 0.3) is 11.0 Å². The smallest absolute Gasteiger partial charge is 0.273 e. The Balaban J connectivity index is 2.08. The second-order valence-electron chi connectivity index (χ2n) is 5.41. The van der Waals surface area contributed by atoms with E-state index in [9.17, 15) is 9.59 Å². The molecule has 1 fully saturated rings. The summed E-state index contributed by atoms with van der Waals surface area (Å²) in [6.07, 6.45) is 1.41. The van der Waals surface area contributed by atoms with Crippen LogP contribution in [0.4, 0.5) is 0 Å². The third-order valence-corrected chi connectivity index (χ3v) is 4.11. The summed E-state index contributed by atoms with van der Waals surface area (Å²) in [6.45, 7) is 5.48. The molecule has 2 aromatic rings. The van der Waals surface area contributed by atoms with Gasteiger partial charge in [0, 0.05) is 25.8 Å². The largest absolute Gasteiger partial charge is 0.342 e. The average Bonchev–Trinajstić information content (AvgIpc) is 2.57. The zero-order valence-electron chi connectivity index (χ0n) is 12.0. The number of amides is 1. The molecule has 106 valence electrons. The molecule has 1 amide bonds. The normalized spacial score (nSPS) is 14.7. The Morgan fingerprint density at radius 3 is 2.65 bits per heavy atom. The van der Waals surface area contributed by atoms with Crippen LogP contribution in [0.2, 0.25) is 0 Å². The predicted octanol–water partition coefficient (Wildman–Crippen LogP) is 0.653. The fourth-order valence-electron chi connectivity index (χ4n) is 2.74. The molecular weight excluding hydrogens is 256 g/mol. The van der Waals surface area contributed by atoms with E-state index in [2.05, 4.69) is 10.1 Å². The number of aromatic amines is 1. The lowest BCUT2D eigenvalue weighted by Crippen LogP contribution is -2.43. The van der Waals surface area contributed by atoms with Crippen molar-refractivity contribution >= 4 is 16.9 Å². The first-order chi connectivity index (χ1) is 9.49. The fourth-order valence-corrected chi connectivity index (χ4v) is 2.74. The van der Waals surface area contributed by atoms with Crippen molar-refractivity contribution in [2.24, 2.45) is 7.05 Å². The first kappa shape index (κ1) is 12.9. The van der Waals surface area contributed by atoms with Crippen LogP contribution in [0, 0.1) is 13.8 Å². The van der Waals surface area contributed by atoms with Crippen LogP contribution in [-0.2, 0) is 18.3 Å². The maximum absolute atomic E-state index is 12.1. The van der Waals surface area contributed by atoms with Crippen molar-refractivity contribution in [3.8, 4) is 0 Å². The molecule has 20 heavy (non-hydrogen) atoms. The fraction of sp³-hybridized carbons (Fsp3) is 0.500. The number of pyridine rings is 1. The maximum Gasteiger partial charge on any atom is 0.273 e. The predicted molar refractivity (Wildman–Crippen MR) is 75.7 cm³/mol. The lowest BCUT2D eigenvalue weighted by atomic mass is 10.0. The van der Waals surface area contributed by atoms with Crippen LogP contribution in [0.3, 0.4) is 0 Å². The van der Waals surface area contributed by atoms with E-state index in [1.165, 1.54) is 0 Å². The summed E-state index contributed by atoms with van der Waals surface area (Å²) in [5.41, 5.74) is 3.06. The Hall–Kier alpha value is -2.11. The Bertz CT molecular complexity index is 753. The topological polar surface area (TPSA) is 71.0 Å². The summed E-state index contributed by atoms with van der Waals surface area (Å²) in [5, 5.41) is 3.30. The number of nitrogens with zero attached hydrogens (tertiary/aromatic N) is 3. The van der Waals surface area contributed by atoms with Gasteiger partial charge in [-0.25, -0.2) is 4.98 Å². The van der Waals surface area contributed by atoms with Gasteiger partial charge in [0.1, 0.15) is 0 Å². The second kappa shape index (κ2) is 4.47. The van der Waals surface area contributed by atoms with Gasteiger partial charge in [-0.15, -0.1) is 0 Å². The molecule has 6 nitrogen and oxygen atoms in total. The van der Waals surface area contributed by atoms with Crippen LogP contribution in [0.15, 0.2) is 4.79 Å². The number of rotatable bonds is 2. The van der Waals surface area contributed by atoms with E-state index in [0.717, 1.165) is 36.3 Å². The van der Waals surface area contributed by atoms with E-state index in [4.69, 9.17) is 0 Å². The minimum absolute atomic E-state index is 0.121. The first-order valence-electron chi connectivity index (χ1n) is 6.81. The highest BCUT2D eigenvalue weighted by Crippen LogP contribution is 2.21. The highest BCUT2D eigenvalue weighted by atomic mass is 16.2. The number of carbonyl (C=O) groups is 1. The van der Waals surface area contributed by atoms with Crippen molar-refractivity contribution < 1.29 is 4.79 Å². The molecule has 0 aliphatic carbocycles. The van der Waals surface area contributed by atoms with Crippen LogP contribution in [-0.4, -0.2) is 38.7 Å². The molecular formula is C14H18N4O2. The monoisotopic (exact) mass is 274 g/mol. The SMILES string of the molecule is Cc1nc2c(c(C)c1CC(=O)N1CCC1)c(=O)[nH]n2C. The number of hydrogen-bond donors (Lipinski definition) is 1. The third-order valence-electron chi connectivity index (χ3n) is 4.11. The standard InChI is InChI=1S/C14H18N4O2/c1-8-10(7-11(19)18-5-4-6-18)9(2)15-13-12(8)14(20)16-17(13)3/h4-7H2,1-3H3,(H,16,20). The molecule has 1 aliphatic heterocycles. The molecule has 0 spiro atoms. The number of nitrogens with one attached hydrogen (secondary N) is 1. The second-order valence-corrected chi connectivity index (χ2v) is 5.41. The van der Waals surface area contributed by atoms with Crippen LogP contribution in [0.1, 0.15) is 23.2 Å². The van der Waals surface area contributed by atoms with Crippen molar-refractivity contribution in [1.82, 2.24) is 19.7 Å². The van der Waals surface area contributed by atoms with Gasteiger partial charge in [-0.3, -0.25) is 19.4 Å². The van der Waals surface area contributed by atoms with E-state index in [1.54, 1.807) is 11.7 Å². The van der Waals surface area contributed by atoms with Crippen LogP contribution >= 0.6 is 0 Å². The van der Waals surface area contributed by atoms with Gasteiger partial charge in [-0.2, -0.15) is 0 Å². The summed E-state index contributed by atoms with van der Waals surface area (Å²) in [6, 6.07) is 0. The third kappa shape index (κ3) is 1.83. The number of hydrogen-bond acceptors (Lipinski definition) is 3. The van der Waals surface area contributed by atoms with Gasteiger partial charge in [0.25, 0.3) is 5.56 Å². The number of aryl methyl sites for hydroxylation is 3. The van der Waals surface area contributed by atoms with Gasteiger partial charge in [0.05, 0.1) is 11.8 Å². The molecule has 3 rings (SSSR count). The van der Waals surface area contributed by atoms with Gasteiger partial charge in [0.2, 0.25) is 5.91 Å². The average molecular weight is 274 g/mol. The van der Waals surface area contributed by atoms with Crippen molar-refractivity contribution in [3.63, 3.8) is 0 Å². The highest BCUT2D eigenvalue weighted by molar-refractivity contribution is 5.85.